The average Bonchev–Trinajstić information content (AvgIpc) is 3.10. The maximum absolute atomic E-state index is 12.6. The summed E-state index contributed by atoms with van der Waals surface area (Å²) in [6.45, 7) is 2.07. The molecule has 0 aromatic heterocycles. The molecule has 1 N–H and O–H groups in total. The molecule has 100 valence electrons. The first-order valence-corrected chi connectivity index (χ1v) is 7.53. The van der Waals surface area contributed by atoms with Crippen LogP contribution in [0.5, 0.6) is 0 Å². The molecule has 0 spiro atoms. The van der Waals surface area contributed by atoms with Crippen molar-refractivity contribution in [1.29, 1.82) is 0 Å². The zero-order chi connectivity index (χ0) is 12.4. The first-order chi connectivity index (χ1) is 8.84. The molecular weight excluding hydrogens is 224 g/mol. The van der Waals surface area contributed by atoms with Gasteiger partial charge in [-0.25, -0.2) is 0 Å². The number of piperidine rings is 1. The number of amides is 1. The Hall–Kier alpha value is -0.830. The minimum atomic E-state index is 0.245. The number of rotatable bonds is 4. The van der Waals surface area contributed by atoms with Crippen molar-refractivity contribution in [2.75, 3.05) is 13.1 Å². The number of carbonyl (C=O) groups excluding carboxylic acids is 1. The largest absolute Gasteiger partial charge is 0.338 e. The molecule has 1 saturated heterocycles. The lowest BCUT2D eigenvalue weighted by atomic mass is 10.0. The Labute approximate surface area is 110 Å². The van der Waals surface area contributed by atoms with E-state index >= 15 is 0 Å². The van der Waals surface area contributed by atoms with Crippen LogP contribution in [0, 0.1) is 5.92 Å². The summed E-state index contributed by atoms with van der Waals surface area (Å²) < 4.78 is 0. The molecular formula is C15H24N2O. The molecule has 2 aliphatic carbocycles. The lowest BCUT2D eigenvalue weighted by Crippen LogP contribution is -2.48. The first kappa shape index (κ1) is 12.2. The summed E-state index contributed by atoms with van der Waals surface area (Å²) in [5.74, 6) is 0.657. The summed E-state index contributed by atoms with van der Waals surface area (Å²) in [5, 5.41) is 3.57. The van der Waals surface area contributed by atoms with Crippen LogP contribution in [0.1, 0.15) is 44.9 Å². The van der Waals surface area contributed by atoms with Crippen molar-refractivity contribution in [3.05, 3.63) is 12.2 Å². The topological polar surface area (TPSA) is 32.3 Å². The SMILES string of the molecule is O=C(C1CC=CC1)N(CC1CCCCN1)C1CC1. The summed E-state index contributed by atoms with van der Waals surface area (Å²) in [7, 11) is 0. The van der Waals surface area contributed by atoms with Gasteiger partial charge in [-0.15, -0.1) is 0 Å². The normalized spacial score (nSPS) is 28.6. The predicted molar refractivity (Wildman–Crippen MR) is 72.2 cm³/mol. The second kappa shape index (κ2) is 5.43. The fraction of sp³-hybridized carbons (Fsp3) is 0.800. The third kappa shape index (κ3) is 2.77. The molecule has 1 atom stereocenters. The first-order valence-electron chi connectivity index (χ1n) is 7.53. The number of hydrogen-bond acceptors (Lipinski definition) is 2. The van der Waals surface area contributed by atoms with E-state index in [2.05, 4.69) is 22.4 Å². The number of hydrogen-bond donors (Lipinski definition) is 1. The van der Waals surface area contributed by atoms with Gasteiger partial charge in [-0.2, -0.15) is 0 Å². The predicted octanol–water partition coefficient (Wildman–Crippen LogP) is 2.09. The molecule has 18 heavy (non-hydrogen) atoms. The van der Waals surface area contributed by atoms with E-state index < -0.39 is 0 Å². The molecule has 0 aromatic carbocycles. The van der Waals surface area contributed by atoms with Gasteiger partial charge in [0, 0.05) is 24.5 Å². The summed E-state index contributed by atoms with van der Waals surface area (Å²) in [6, 6.07) is 1.10. The smallest absolute Gasteiger partial charge is 0.226 e. The standard InChI is InChI=1S/C15H24N2O/c18-15(12-5-1-2-6-12)17(14-8-9-14)11-13-7-3-4-10-16-13/h1-2,12-14,16H,3-11H2. The minimum absolute atomic E-state index is 0.245. The summed E-state index contributed by atoms with van der Waals surface area (Å²) in [4.78, 5) is 14.8. The van der Waals surface area contributed by atoms with Crippen molar-refractivity contribution in [2.24, 2.45) is 5.92 Å². The minimum Gasteiger partial charge on any atom is -0.338 e. The molecule has 0 radical (unpaired) electrons. The Bertz CT molecular complexity index is 321. The fourth-order valence-electron chi connectivity index (χ4n) is 3.18. The number of allylic oxidation sites excluding steroid dienone is 2. The highest BCUT2D eigenvalue weighted by Crippen LogP contribution is 2.31. The number of nitrogens with one attached hydrogen (secondary N) is 1. The molecule has 3 aliphatic rings. The van der Waals surface area contributed by atoms with Gasteiger partial charge in [-0.05, 0) is 45.1 Å². The van der Waals surface area contributed by atoms with Gasteiger partial charge in [-0.3, -0.25) is 4.79 Å². The van der Waals surface area contributed by atoms with Gasteiger partial charge in [0.25, 0.3) is 0 Å². The van der Waals surface area contributed by atoms with Crippen LogP contribution in [-0.2, 0) is 4.79 Å². The van der Waals surface area contributed by atoms with E-state index in [4.69, 9.17) is 0 Å². The van der Waals surface area contributed by atoms with Gasteiger partial charge in [0.05, 0.1) is 0 Å². The molecule has 1 amide bonds. The van der Waals surface area contributed by atoms with Gasteiger partial charge in [0.15, 0.2) is 0 Å². The van der Waals surface area contributed by atoms with Crippen LogP contribution in [0.3, 0.4) is 0 Å². The maximum Gasteiger partial charge on any atom is 0.226 e. The van der Waals surface area contributed by atoms with E-state index in [1.807, 2.05) is 0 Å². The summed E-state index contributed by atoms with van der Waals surface area (Å²) in [5.41, 5.74) is 0. The van der Waals surface area contributed by atoms with Crippen LogP contribution < -0.4 is 5.32 Å². The van der Waals surface area contributed by atoms with Crippen molar-refractivity contribution in [1.82, 2.24) is 10.2 Å². The summed E-state index contributed by atoms with van der Waals surface area (Å²) in [6.07, 6.45) is 12.5. The Morgan fingerprint density at radius 2 is 1.94 bits per heavy atom. The van der Waals surface area contributed by atoms with Crippen LogP contribution in [-0.4, -0.2) is 36.0 Å². The van der Waals surface area contributed by atoms with Crippen molar-refractivity contribution >= 4 is 5.91 Å². The Balaban J connectivity index is 1.58. The lowest BCUT2D eigenvalue weighted by Gasteiger charge is -2.32. The lowest BCUT2D eigenvalue weighted by molar-refractivity contribution is -0.136. The third-order valence-electron chi connectivity index (χ3n) is 4.46. The van der Waals surface area contributed by atoms with E-state index in [0.29, 0.717) is 18.0 Å². The average molecular weight is 248 g/mol. The Morgan fingerprint density at radius 3 is 2.56 bits per heavy atom. The highest BCUT2D eigenvalue weighted by molar-refractivity contribution is 5.80. The highest BCUT2D eigenvalue weighted by atomic mass is 16.2. The van der Waals surface area contributed by atoms with Gasteiger partial charge >= 0.3 is 0 Å². The van der Waals surface area contributed by atoms with E-state index in [0.717, 1.165) is 25.9 Å². The van der Waals surface area contributed by atoms with Crippen LogP contribution in [0.2, 0.25) is 0 Å². The molecule has 0 aromatic rings. The third-order valence-corrected chi connectivity index (χ3v) is 4.46. The molecule has 1 aliphatic heterocycles. The van der Waals surface area contributed by atoms with E-state index in [-0.39, 0.29) is 5.92 Å². The van der Waals surface area contributed by atoms with E-state index in [9.17, 15) is 4.79 Å². The number of nitrogens with zero attached hydrogens (tertiary/aromatic N) is 1. The molecule has 2 fully saturated rings. The van der Waals surface area contributed by atoms with Crippen LogP contribution in [0.15, 0.2) is 12.2 Å². The second-order valence-electron chi connectivity index (χ2n) is 6.01. The maximum atomic E-state index is 12.6. The van der Waals surface area contributed by atoms with Crippen molar-refractivity contribution in [3.63, 3.8) is 0 Å². The monoisotopic (exact) mass is 248 g/mol. The van der Waals surface area contributed by atoms with Crippen molar-refractivity contribution in [2.45, 2.75) is 57.0 Å². The van der Waals surface area contributed by atoms with Gasteiger partial charge in [-0.1, -0.05) is 18.6 Å². The summed E-state index contributed by atoms with van der Waals surface area (Å²) >= 11 is 0. The zero-order valence-corrected chi connectivity index (χ0v) is 11.1. The van der Waals surface area contributed by atoms with Crippen molar-refractivity contribution < 1.29 is 4.79 Å². The highest BCUT2D eigenvalue weighted by Gasteiger charge is 2.37. The van der Waals surface area contributed by atoms with Crippen LogP contribution >= 0.6 is 0 Å². The van der Waals surface area contributed by atoms with Crippen LogP contribution in [0.25, 0.3) is 0 Å². The van der Waals surface area contributed by atoms with Crippen LogP contribution in [0.4, 0.5) is 0 Å². The van der Waals surface area contributed by atoms with Gasteiger partial charge in [0.2, 0.25) is 5.91 Å². The Morgan fingerprint density at radius 1 is 1.17 bits per heavy atom. The second-order valence-corrected chi connectivity index (χ2v) is 6.01. The van der Waals surface area contributed by atoms with Gasteiger partial charge in [0.1, 0.15) is 0 Å². The molecule has 1 saturated carbocycles. The molecule has 1 heterocycles. The van der Waals surface area contributed by atoms with Gasteiger partial charge < -0.3 is 10.2 Å². The van der Waals surface area contributed by atoms with Crippen molar-refractivity contribution in [3.8, 4) is 0 Å². The Kier molecular flexibility index (Phi) is 3.69. The molecule has 0 bridgehead atoms. The number of carbonyl (C=O) groups is 1. The van der Waals surface area contributed by atoms with E-state index in [1.54, 1.807) is 0 Å². The molecule has 3 nitrogen and oxygen atoms in total. The molecule has 1 unspecified atom stereocenters. The quantitative estimate of drug-likeness (QED) is 0.773. The van der Waals surface area contributed by atoms with E-state index in [1.165, 1.54) is 32.1 Å². The fourth-order valence-corrected chi connectivity index (χ4v) is 3.18. The molecule has 3 heteroatoms. The zero-order valence-electron chi connectivity index (χ0n) is 11.1. The molecule has 3 rings (SSSR count).